The van der Waals surface area contributed by atoms with Crippen LogP contribution in [-0.4, -0.2) is 51.9 Å². The first-order valence-electron chi connectivity index (χ1n) is 5.96. The number of carboxylic acid groups (broad SMARTS) is 1. The Balaban J connectivity index is 2.84. The maximum Gasteiger partial charge on any atom is 0.313 e. The minimum Gasteiger partial charge on any atom is -0.481 e. The minimum atomic E-state index is -0.812. The van der Waals surface area contributed by atoms with Crippen LogP contribution in [-0.2, 0) is 11.3 Å². The molecule has 0 saturated heterocycles. The normalized spacial score (nSPS) is 11.4. The molecule has 0 aliphatic rings. The maximum atomic E-state index is 10.6. The van der Waals surface area contributed by atoms with Crippen LogP contribution < -0.4 is 0 Å². The van der Waals surface area contributed by atoms with Gasteiger partial charge < -0.3 is 14.6 Å². The highest BCUT2D eigenvalue weighted by Crippen LogP contribution is 2.23. The van der Waals surface area contributed by atoms with Crippen molar-refractivity contribution >= 4 is 17.7 Å². The predicted octanol–water partition coefficient (Wildman–Crippen LogP) is 1.74. The molecular formula is C12H21N3O2S. The van der Waals surface area contributed by atoms with Gasteiger partial charge in [0.25, 0.3) is 0 Å². The van der Waals surface area contributed by atoms with Crippen LogP contribution in [0.2, 0.25) is 0 Å². The third kappa shape index (κ3) is 4.34. The first-order chi connectivity index (χ1) is 8.41. The van der Waals surface area contributed by atoms with Crippen LogP contribution in [0.25, 0.3) is 0 Å². The molecule has 0 bridgehead atoms. The van der Waals surface area contributed by atoms with Gasteiger partial charge in [0.15, 0.2) is 5.16 Å². The highest BCUT2D eigenvalue weighted by molar-refractivity contribution is 7.99. The van der Waals surface area contributed by atoms with Crippen molar-refractivity contribution in [3.8, 4) is 0 Å². The van der Waals surface area contributed by atoms with Crippen molar-refractivity contribution in [1.82, 2.24) is 14.5 Å². The van der Waals surface area contributed by atoms with E-state index >= 15 is 0 Å². The quantitative estimate of drug-likeness (QED) is 0.766. The molecule has 0 aliphatic carbocycles. The highest BCUT2D eigenvalue weighted by Gasteiger charge is 2.14. The first-order valence-corrected chi connectivity index (χ1v) is 6.95. The van der Waals surface area contributed by atoms with Crippen LogP contribution in [0.1, 0.15) is 25.5 Å². The fraction of sp³-hybridized carbons (Fsp3) is 0.667. The Bertz CT molecular complexity index is 402. The van der Waals surface area contributed by atoms with Gasteiger partial charge in [0, 0.05) is 25.0 Å². The number of carboxylic acids is 1. The average molecular weight is 271 g/mol. The molecule has 0 amide bonds. The molecule has 0 aliphatic heterocycles. The fourth-order valence-corrected chi connectivity index (χ4v) is 2.33. The molecule has 0 spiro atoms. The zero-order chi connectivity index (χ0) is 13.7. The van der Waals surface area contributed by atoms with Crippen molar-refractivity contribution in [3.05, 3.63) is 11.9 Å². The number of hydrogen-bond donors (Lipinski definition) is 1. The van der Waals surface area contributed by atoms with Gasteiger partial charge in [0.05, 0.1) is 5.75 Å². The Morgan fingerprint density at radius 2 is 2.22 bits per heavy atom. The summed E-state index contributed by atoms with van der Waals surface area (Å²) in [6.45, 7) is 5.99. The van der Waals surface area contributed by atoms with E-state index in [1.807, 2.05) is 20.3 Å². The molecule has 1 aromatic heterocycles. The molecule has 18 heavy (non-hydrogen) atoms. The molecule has 1 N–H and O–H groups in total. The van der Waals surface area contributed by atoms with E-state index in [9.17, 15) is 4.79 Å². The molecule has 0 saturated carbocycles. The summed E-state index contributed by atoms with van der Waals surface area (Å²) >= 11 is 1.28. The Morgan fingerprint density at radius 1 is 1.56 bits per heavy atom. The number of rotatable bonds is 7. The summed E-state index contributed by atoms with van der Waals surface area (Å²) < 4.78 is 2.12. The van der Waals surface area contributed by atoms with Gasteiger partial charge in [-0.1, -0.05) is 25.6 Å². The van der Waals surface area contributed by atoms with Gasteiger partial charge in [-0.15, -0.1) is 0 Å². The van der Waals surface area contributed by atoms with Crippen LogP contribution >= 0.6 is 11.8 Å². The molecule has 0 radical (unpaired) electrons. The van der Waals surface area contributed by atoms with E-state index in [2.05, 4.69) is 28.3 Å². The van der Waals surface area contributed by atoms with E-state index in [0.29, 0.717) is 5.92 Å². The number of nitrogens with zero attached hydrogens (tertiary/aromatic N) is 3. The molecule has 0 fully saturated rings. The topological polar surface area (TPSA) is 58.4 Å². The maximum absolute atomic E-state index is 10.6. The molecule has 0 aromatic carbocycles. The van der Waals surface area contributed by atoms with Gasteiger partial charge in [0.2, 0.25) is 0 Å². The van der Waals surface area contributed by atoms with E-state index in [0.717, 1.165) is 23.9 Å². The molecule has 1 aromatic rings. The Morgan fingerprint density at radius 3 is 2.72 bits per heavy atom. The Kier molecular flexibility index (Phi) is 5.68. The number of aliphatic carboxylic acids is 1. The molecule has 1 rings (SSSR count). The van der Waals surface area contributed by atoms with Crippen LogP contribution in [0.15, 0.2) is 11.4 Å². The summed E-state index contributed by atoms with van der Waals surface area (Å²) in [4.78, 5) is 17.1. The van der Waals surface area contributed by atoms with Gasteiger partial charge >= 0.3 is 5.97 Å². The zero-order valence-corrected chi connectivity index (χ0v) is 12.2. The smallest absolute Gasteiger partial charge is 0.313 e. The lowest BCUT2D eigenvalue weighted by Crippen LogP contribution is -2.20. The van der Waals surface area contributed by atoms with Gasteiger partial charge in [-0.3, -0.25) is 4.79 Å². The average Bonchev–Trinajstić information content (AvgIpc) is 2.66. The minimum absolute atomic E-state index is 0.0521. The highest BCUT2D eigenvalue weighted by atomic mass is 32.2. The Labute approximate surface area is 112 Å². The van der Waals surface area contributed by atoms with E-state index < -0.39 is 5.97 Å². The van der Waals surface area contributed by atoms with E-state index in [1.54, 1.807) is 0 Å². The number of likely N-dealkylation sites (N-methyl/N-ethyl adjacent to an activating group) is 1. The fourth-order valence-electron chi connectivity index (χ4n) is 1.60. The van der Waals surface area contributed by atoms with Crippen LogP contribution in [0, 0.1) is 0 Å². The summed E-state index contributed by atoms with van der Waals surface area (Å²) in [5.41, 5.74) is 1.16. The van der Waals surface area contributed by atoms with Crippen LogP contribution in [0.5, 0.6) is 0 Å². The van der Waals surface area contributed by atoms with Crippen molar-refractivity contribution in [2.45, 2.75) is 31.5 Å². The summed E-state index contributed by atoms with van der Waals surface area (Å²) in [5.74, 6) is -0.372. The van der Waals surface area contributed by atoms with Crippen LogP contribution in [0.4, 0.5) is 0 Å². The molecule has 1 heterocycles. The summed E-state index contributed by atoms with van der Waals surface area (Å²) in [6.07, 6.45) is 1.85. The number of hydrogen-bond acceptors (Lipinski definition) is 4. The van der Waals surface area contributed by atoms with Gasteiger partial charge in [-0.25, -0.2) is 4.98 Å². The zero-order valence-electron chi connectivity index (χ0n) is 11.4. The number of thioether (sulfide) groups is 1. The second kappa shape index (κ2) is 6.80. The summed E-state index contributed by atoms with van der Waals surface area (Å²) in [5, 5.41) is 9.53. The van der Waals surface area contributed by atoms with Crippen molar-refractivity contribution < 1.29 is 9.90 Å². The lowest BCUT2D eigenvalue weighted by molar-refractivity contribution is -0.133. The third-order valence-corrected chi connectivity index (χ3v) is 3.51. The first kappa shape index (κ1) is 15.0. The SMILES string of the molecule is CC(C)c1cnc(SCC(=O)O)n1CCN(C)C. The number of aromatic nitrogens is 2. The van der Waals surface area contributed by atoms with E-state index in [4.69, 9.17) is 5.11 Å². The molecular weight excluding hydrogens is 250 g/mol. The predicted molar refractivity (Wildman–Crippen MR) is 73.2 cm³/mol. The summed E-state index contributed by atoms with van der Waals surface area (Å²) in [7, 11) is 4.05. The van der Waals surface area contributed by atoms with E-state index in [1.165, 1.54) is 11.8 Å². The lowest BCUT2D eigenvalue weighted by atomic mass is 10.1. The second-order valence-electron chi connectivity index (χ2n) is 4.76. The van der Waals surface area contributed by atoms with E-state index in [-0.39, 0.29) is 5.75 Å². The molecule has 6 heteroatoms. The van der Waals surface area contributed by atoms with Crippen LogP contribution in [0.3, 0.4) is 0 Å². The lowest BCUT2D eigenvalue weighted by Gasteiger charge is -2.16. The second-order valence-corrected chi connectivity index (χ2v) is 5.70. The van der Waals surface area contributed by atoms with Gasteiger partial charge in [-0.2, -0.15) is 0 Å². The summed E-state index contributed by atoms with van der Waals surface area (Å²) in [6, 6.07) is 0. The monoisotopic (exact) mass is 271 g/mol. The van der Waals surface area contributed by atoms with Crippen molar-refractivity contribution in [2.24, 2.45) is 0 Å². The number of imidazole rings is 1. The number of carbonyl (C=O) groups is 1. The largest absolute Gasteiger partial charge is 0.481 e. The van der Waals surface area contributed by atoms with Crippen molar-refractivity contribution in [3.63, 3.8) is 0 Å². The molecule has 5 nitrogen and oxygen atoms in total. The third-order valence-electron chi connectivity index (χ3n) is 2.54. The molecule has 0 atom stereocenters. The standard InChI is InChI=1S/C12H21N3O2S/c1-9(2)10-7-13-12(18-8-11(16)17)15(10)6-5-14(3)4/h7,9H,5-6,8H2,1-4H3,(H,16,17). The van der Waals surface area contributed by atoms with Crippen molar-refractivity contribution in [1.29, 1.82) is 0 Å². The van der Waals surface area contributed by atoms with Gasteiger partial charge in [0.1, 0.15) is 0 Å². The Hall–Kier alpha value is -1.01. The molecule has 0 unspecified atom stereocenters. The van der Waals surface area contributed by atoms with Gasteiger partial charge in [-0.05, 0) is 20.0 Å². The van der Waals surface area contributed by atoms with Crippen molar-refractivity contribution in [2.75, 3.05) is 26.4 Å². The molecule has 102 valence electrons.